The summed E-state index contributed by atoms with van der Waals surface area (Å²) in [6.45, 7) is 18.4. The first kappa shape index (κ1) is 101. The molecular formula is C28H74Br12N6O5. The molecule has 51 heavy (non-hydrogen) atoms. The Morgan fingerprint density at radius 3 is 0.863 bits per heavy atom. The van der Waals surface area contributed by atoms with Crippen LogP contribution in [0.1, 0.15) is 50.7 Å². The Hall–Kier alpha value is 4.54. The van der Waals surface area contributed by atoms with Gasteiger partial charge in [0.25, 0.3) is 0 Å². The number of nitrogens with one attached hydrogen (secondary N) is 4. The molecule has 1 rings (SSSR count). The first-order valence-electron chi connectivity index (χ1n) is 14.3. The zero-order valence-electron chi connectivity index (χ0n) is 29.6. The van der Waals surface area contributed by atoms with Crippen molar-refractivity contribution in [2.24, 2.45) is 0 Å². The van der Waals surface area contributed by atoms with Crippen molar-refractivity contribution in [3.8, 4) is 0 Å². The van der Waals surface area contributed by atoms with Gasteiger partial charge in [-0.1, -0.05) is 38.1 Å². The molecule has 0 radical (unpaired) electrons. The van der Waals surface area contributed by atoms with Gasteiger partial charge in [0.2, 0.25) is 0 Å². The molecule has 1 aromatic rings. The highest BCUT2D eigenvalue weighted by Gasteiger charge is 2.09. The van der Waals surface area contributed by atoms with Crippen molar-refractivity contribution in [2.75, 3.05) is 91.8 Å². The Labute approximate surface area is 435 Å². The average Bonchev–Trinajstić information content (AvgIpc) is 2.89. The van der Waals surface area contributed by atoms with Crippen LogP contribution in [0.5, 0.6) is 0 Å². The second-order valence-corrected chi connectivity index (χ2v) is 9.44. The normalized spacial score (nSPS) is 8.27. The van der Waals surface area contributed by atoms with Crippen LogP contribution >= 0.6 is 204 Å². The van der Waals surface area contributed by atoms with Crippen molar-refractivity contribution in [3.05, 3.63) is 35.4 Å². The molecule has 0 atom stereocenters. The van der Waals surface area contributed by atoms with E-state index in [1.54, 1.807) is 0 Å². The third-order valence-electron chi connectivity index (χ3n) is 6.22. The average molecular weight is 1530 g/mol. The smallest absolute Gasteiger partial charge is 0.0555 e. The number of halogens is 12. The minimum absolute atomic E-state index is 0. The predicted molar refractivity (Wildman–Crippen MR) is 287 cm³/mol. The lowest BCUT2D eigenvalue weighted by Crippen LogP contribution is -2.31. The largest absolute Gasteiger partial charge is 0.412 e. The van der Waals surface area contributed by atoms with Gasteiger partial charge in [0.15, 0.2) is 0 Å². The Morgan fingerprint density at radius 1 is 0.412 bits per heavy atom. The van der Waals surface area contributed by atoms with Gasteiger partial charge in [0, 0.05) is 26.2 Å². The molecule has 0 unspecified atom stereocenters. The summed E-state index contributed by atoms with van der Waals surface area (Å²) in [5.74, 6) is 0. The van der Waals surface area contributed by atoms with E-state index < -0.39 is 0 Å². The minimum Gasteiger partial charge on any atom is -0.412 e. The molecule has 0 bridgehead atoms. The maximum Gasteiger partial charge on any atom is 0.0555 e. The van der Waals surface area contributed by atoms with Crippen molar-refractivity contribution >= 4 is 204 Å². The summed E-state index contributed by atoms with van der Waals surface area (Å²) in [5, 5.41) is 31.4. The quantitative estimate of drug-likeness (QED) is 0.0638. The van der Waals surface area contributed by atoms with E-state index in [-0.39, 0.29) is 233 Å². The lowest BCUT2D eigenvalue weighted by Gasteiger charge is -2.24. The molecule has 0 spiro atoms. The number of nitrogens with zero attached hydrogens (tertiary/aromatic N) is 2. The number of aliphatic hydroxyl groups excluding tert-OH is 2. The first-order chi connectivity index (χ1) is 17.7. The molecule has 0 aliphatic heterocycles. The Morgan fingerprint density at radius 2 is 0.647 bits per heavy atom. The van der Waals surface area contributed by atoms with Crippen LogP contribution in [0.2, 0.25) is 0 Å². The molecule has 23 heteroatoms. The van der Waals surface area contributed by atoms with Gasteiger partial charge in [0.1, 0.15) is 0 Å². The molecule has 0 amide bonds. The highest BCUT2D eigenvalue weighted by atomic mass is 79.9. The summed E-state index contributed by atoms with van der Waals surface area (Å²) in [6, 6.07) is 9.21. The van der Waals surface area contributed by atoms with Crippen molar-refractivity contribution in [3.63, 3.8) is 0 Å². The van der Waals surface area contributed by atoms with Crippen molar-refractivity contribution in [1.82, 2.24) is 31.1 Å². The molecule has 0 heterocycles. The van der Waals surface area contributed by atoms with E-state index >= 15 is 0 Å². The maximum absolute atomic E-state index is 8.95. The number of rotatable bonds is 26. The van der Waals surface area contributed by atoms with Crippen LogP contribution < -0.4 is 21.3 Å². The van der Waals surface area contributed by atoms with Crippen LogP contribution in [-0.4, -0.2) is 128 Å². The van der Waals surface area contributed by atoms with Crippen LogP contribution in [0.15, 0.2) is 24.3 Å². The second kappa shape index (κ2) is 78.8. The van der Waals surface area contributed by atoms with Gasteiger partial charge in [-0.05, 0) is 102 Å². The first-order valence-corrected chi connectivity index (χ1v) is 14.3. The molecule has 330 valence electrons. The van der Waals surface area contributed by atoms with Gasteiger partial charge in [-0.25, -0.2) is 0 Å². The van der Waals surface area contributed by atoms with E-state index in [4.69, 9.17) is 10.2 Å². The summed E-state index contributed by atoms with van der Waals surface area (Å²) in [6.07, 6.45) is 4.50. The van der Waals surface area contributed by atoms with E-state index in [1.165, 1.54) is 11.1 Å². The monoisotopic (exact) mass is 1520 g/mol. The van der Waals surface area contributed by atoms with Crippen LogP contribution in [0.4, 0.5) is 0 Å². The summed E-state index contributed by atoms with van der Waals surface area (Å²) in [7, 11) is 0. The fourth-order valence-corrected chi connectivity index (χ4v) is 4.28. The second-order valence-electron chi connectivity index (χ2n) is 9.44. The topological polar surface area (TPSA) is 190 Å². The van der Waals surface area contributed by atoms with Gasteiger partial charge >= 0.3 is 0 Å². The molecular weight excluding hydrogens is 1460 g/mol. The van der Waals surface area contributed by atoms with Crippen LogP contribution in [-0.2, 0) is 13.1 Å². The Kier molecular flexibility index (Phi) is 155. The van der Waals surface area contributed by atoms with Gasteiger partial charge in [-0.15, -0.1) is 204 Å². The Balaban J connectivity index is -0.0000000665. The summed E-state index contributed by atoms with van der Waals surface area (Å²) >= 11 is 0. The van der Waals surface area contributed by atoms with Gasteiger partial charge < -0.3 is 47.9 Å². The van der Waals surface area contributed by atoms with Crippen LogP contribution in [0.25, 0.3) is 0 Å². The number of hydrogen-bond donors (Lipinski definition) is 6. The molecule has 0 saturated carbocycles. The minimum atomic E-state index is 0. The summed E-state index contributed by atoms with van der Waals surface area (Å²) in [4.78, 5) is 5.11. The highest BCUT2D eigenvalue weighted by Crippen LogP contribution is 2.11. The lowest BCUT2D eigenvalue weighted by molar-refractivity contribution is 0.251. The highest BCUT2D eigenvalue weighted by molar-refractivity contribution is 8.94. The van der Waals surface area contributed by atoms with Crippen molar-refractivity contribution < 1.29 is 26.6 Å². The SMILES string of the molecule is Br.Br.Br.Br.Br.Br.Br.Br.Br.Br.Br.Br.CCNCCCN(CCCNCCO)Cc1ccc(CN(CCCNCC)CCCNCCO)cc1.O.O.O. The molecule has 0 aliphatic carbocycles. The standard InChI is InChI=1S/C28H56N6O2.12BrH.3H2O/c1-3-29-13-5-19-33(21-7-15-31-17-23-35)25-27-9-11-28(12-10-27)26-34(20-6-14-30-4-2)22-8-16-32-18-24-36;;;;;;;;;;;;;;;/h9-12,29-32,35-36H,3-8,13-26H2,1-2H3;12*1H;3*1H2. The van der Waals surface area contributed by atoms with Crippen molar-refractivity contribution in [2.45, 2.75) is 52.6 Å². The van der Waals surface area contributed by atoms with Gasteiger partial charge in [0.05, 0.1) is 13.2 Å². The summed E-state index contributed by atoms with van der Waals surface area (Å²) in [5.41, 5.74) is 2.75. The van der Waals surface area contributed by atoms with E-state index in [2.05, 4.69) is 69.2 Å². The molecule has 0 aliphatic rings. The number of hydrogen-bond acceptors (Lipinski definition) is 8. The molecule has 11 nitrogen and oxygen atoms in total. The lowest BCUT2D eigenvalue weighted by atomic mass is 10.1. The molecule has 0 saturated heterocycles. The zero-order chi connectivity index (χ0) is 26.1. The Bertz CT molecular complexity index is 589. The summed E-state index contributed by atoms with van der Waals surface area (Å²) < 4.78 is 0. The van der Waals surface area contributed by atoms with E-state index in [9.17, 15) is 0 Å². The fraction of sp³-hybridized carbons (Fsp3) is 0.786. The number of benzene rings is 1. The van der Waals surface area contributed by atoms with E-state index in [0.29, 0.717) is 13.1 Å². The third kappa shape index (κ3) is 63.9. The predicted octanol–water partition coefficient (Wildman–Crippen LogP) is 5.69. The fourth-order valence-electron chi connectivity index (χ4n) is 4.28. The van der Waals surface area contributed by atoms with Gasteiger partial charge in [-0.3, -0.25) is 9.80 Å². The molecule has 12 N–H and O–H groups in total. The molecule has 1 aromatic carbocycles. The van der Waals surface area contributed by atoms with Crippen LogP contribution in [0.3, 0.4) is 0 Å². The van der Waals surface area contributed by atoms with Gasteiger partial charge in [-0.2, -0.15) is 0 Å². The van der Waals surface area contributed by atoms with E-state index in [0.717, 1.165) is 104 Å². The molecule has 0 aromatic heterocycles. The van der Waals surface area contributed by atoms with Crippen LogP contribution in [0, 0.1) is 0 Å². The third-order valence-corrected chi connectivity index (χ3v) is 6.22. The maximum atomic E-state index is 8.95. The van der Waals surface area contributed by atoms with Crippen molar-refractivity contribution in [1.29, 1.82) is 0 Å². The zero-order valence-corrected chi connectivity index (χ0v) is 50.2. The number of aliphatic hydroxyl groups is 2. The van der Waals surface area contributed by atoms with E-state index in [1.807, 2.05) is 0 Å². The molecule has 0 fully saturated rings.